The fourth-order valence-corrected chi connectivity index (χ4v) is 3.72. The van der Waals surface area contributed by atoms with Gasteiger partial charge in [0.2, 0.25) is 0 Å². The maximum Gasteiger partial charge on any atom is 0.193 e. The molecule has 1 aromatic heterocycles. The first-order chi connectivity index (χ1) is 12.6. The van der Waals surface area contributed by atoms with E-state index in [0.29, 0.717) is 6.61 Å². The highest BCUT2D eigenvalue weighted by atomic mass is 127. The lowest BCUT2D eigenvalue weighted by Gasteiger charge is -2.37. The van der Waals surface area contributed by atoms with Crippen molar-refractivity contribution in [2.24, 2.45) is 12.0 Å². The molecule has 9 heteroatoms. The maximum absolute atomic E-state index is 5.95. The van der Waals surface area contributed by atoms with Crippen LogP contribution in [-0.4, -0.2) is 91.7 Å². The Balaban J connectivity index is 0.00000261. The molecule has 27 heavy (non-hydrogen) atoms. The Kier molecular flexibility index (Phi) is 8.77. The second kappa shape index (κ2) is 10.6. The summed E-state index contributed by atoms with van der Waals surface area (Å²) in [5.74, 6) is 0.923. The summed E-state index contributed by atoms with van der Waals surface area (Å²) in [6, 6.07) is 0.232. The third kappa shape index (κ3) is 5.78. The normalized spacial score (nSPS) is 24.8. The van der Waals surface area contributed by atoms with Crippen LogP contribution in [0.1, 0.15) is 24.4 Å². The molecule has 3 heterocycles. The van der Waals surface area contributed by atoms with Crippen molar-refractivity contribution in [3.63, 3.8) is 0 Å². The number of nitrogens with one attached hydrogen (secondary N) is 1. The minimum Gasteiger partial charge on any atom is -0.375 e. The number of aryl methyl sites for hydroxylation is 1. The van der Waals surface area contributed by atoms with Crippen molar-refractivity contribution in [2.45, 2.75) is 31.1 Å². The number of hydrogen-bond acceptors (Lipinski definition) is 5. The van der Waals surface area contributed by atoms with Gasteiger partial charge in [-0.25, -0.2) is 0 Å². The quantitative estimate of drug-likeness (QED) is 0.378. The van der Waals surface area contributed by atoms with Crippen molar-refractivity contribution < 1.29 is 9.47 Å². The Hall–Kier alpha value is -0.910. The third-order valence-electron chi connectivity index (χ3n) is 5.17. The van der Waals surface area contributed by atoms with Gasteiger partial charge in [0.25, 0.3) is 0 Å². The zero-order chi connectivity index (χ0) is 18.5. The summed E-state index contributed by atoms with van der Waals surface area (Å²) in [6.07, 6.45) is 6.57. The molecule has 8 nitrogen and oxygen atoms in total. The minimum absolute atomic E-state index is 0. The first-order valence-corrected chi connectivity index (χ1v) is 9.42. The van der Waals surface area contributed by atoms with E-state index in [1.165, 1.54) is 5.56 Å². The van der Waals surface area contributed by atoms with Crippen LogP contribution >= 0.6 is 24.0 Å². The number of hydrogen-bond donors (Lipinski definition) is 1. The number of nitrogens with zero attached hydrogens (tertiary/aromatic N) is 5. The molecule has 3 rings (SSSR count). The fourth-order valence-electron chi connectivity index (χ4n) is 3.72. The third-order valence-corrected chi connectivity index (χ3v) is 5.17. The van der Waals surface area contributed by atoms with Gasteiger partial charge in [-0.1, -0.05) is 0 Å². The molecular formula is C18H33IN6O2. The zero-order valence-electron chi connectivity index (χ0n) is 16.8. The van der Waals surface area contributed by atoms with Crippen molar-refractivity contribution >= 4 is 29.9 Å². The molecule has 2 fully saturated rings. The average molecular weight is 492 g/mol. The number of ether oxygens (including phenoxy) is 2. The second-order valence-corrected chi connectivity index (χ2v) is 7.26. The van der Waals surface area contributed by atoms with Crippen LogP contribution in [0.4, 0.5) is 0 Å². The van der Waals surface area contributed by atoms with E-state index >= 15 is 0 Å². The lowest BCUT2D eigenvalue weighted by molar-refractivity contribution is -0.0817. The van der Waals surface area contributed by atoms with E-state index in [4.69, 9.17) is 9.47 Å². The summed E-state index contributed by atoms with van der Waals surface area (Å²) < 4.78 is 13.6. The molecule has 0 bridgehead atoms. The van der Waals surface area contributed by atoms with Crippen molar-refractivity contribution in [2.75, 3.05) is 54.0 Å². The molecule has 154 valence electrons. The maximum atomic E-state index is 5.95. The number of rotatable bonds is 5. The second-order valence-electron chi connectivity index (χ2n) is 7.26. The Morgan fingerprint density at radius 2 is 2.15 bits per heavy atom. The van der Waals surface area contributed by atoms with Gasteiger partial charge in [0.1, 0.15) is 6.10 Å². The molecule has 1 aromatic rings. The summed E-state index contributed by atoms with van der Waals surface area (Å²) in [5.41, 5.74) is 1.19. The zero-order valence-corrected chi connectivity index (χ0v) is 19.1. The van der Waals surface area contributed by atoms with Crippen molar-refractivity contribution in [3.8, 4) is 0 Å². The van der Waals surface area contributed by atoms with Gasteiger partial charge < -0.3 is 24.6 Å². The first kappa shape index (κ1) is 22.4. The summed E-state index contributed by atoms with van der Waals surface area (Å²) >= 11 is 0. The summed E-state index contributed by atoms with van der Waals surface area (Å²) in [6.45, 7) is 4.01. The number of guanidine groups is 1. The van der Waals surface area contributed by atoms with Crippen molar-refractivity contribution in [1.29, 1.82) is 0 Å². The van der Waals surface area contributed by atoms with E-state index < -0.39 is 0 Å². The molecule has 2 aliphatic rings. The highest BCUT2D eigenvalue weighted by Gasteiger charge is 2.32. The van der Waals surface area contributed by atoms with E-state index in [0.717, 1.165) is 45.0 Å². The van der Waals surface area contributed by atoms with E-state index in [1.54, 1.807) is 0 Å². The summed E-state index contributed by atoms with van der Waals surface area (Å²) in [5, 5.41) is 7.84. The van der Waals surface area contributed by atoms with Crippen LogP contribution in [0.2, 0.25) is 0 Å². The van der Waals surface area contributed by atoms with E-state index in [-0.39, 0.29) is 42.2 Å². The number of aliphatic imine (C=N–C) groups is 1. The highest BCUT2D eigenvalue weighted by molar-refractivity contribution is 14.0. The van der Waals surface area contributed by atoms with Crippen LogP contribution in [0.15, 0.2) is 17.4 Å². The molecule has 3 atom stereocenters. The number of aromatic nitrogens is 2. The van der Waals surface area contributed by atoms with Crippen LogP contribution in [0.5, 0.6) is 0 Å². The fraction of sp³-hybridized carbons (Fsp3) is 0.778. The van der Waals surface area contributed by atoms with Crippen LogP contribution in [-0.2, 0) is 16.5 Å². The molecule has 3 unspecified atom stereocenters. The average Bonchev–Trinajstić information content (AvgIpc) is 3.30. The molecule has 2 saturated heterocycles. The molecule has 0 aliphatic carbocycles. The van der Waals surface area contributed by atoms with Gasteiger partial charge in [0.05, 0.1) is 24.9 Å². The van der Waals surface area contributed by atoms with E-state index in [1.807, 2.05) is 25.0 Å². The van der Waals surface area contributed by atoms with Gasteiger partial charge in [-0.15, -0.1) is 24.0 Å². The standard InChI is InChI=1S/C18H32N6O2.HI/c1-19-18(20-11-15(22(2)3)14-10-21-23(4)12-14)24-7-9-26-17(13-24)16-6-5-8-25-16;/h10,12,15-17H,5-9,11,13H2,1-4H3,(H,19,20);1H. The predicted octanol–water partition coefficient (Wildman–Crippen LogP) is 1.10. The van der Waals surface area contributed by atoms with Gasteiger partial charge in [-0.05, 0) is 26.9 Å². The molecule has 0 spiro atoms. The first-order valence-electron chi connectivity index (χ1n) is 9.42. The SMILES string of the molecule is CN=C(NCC(c1cnn(C)c1)N(C)C)N1CCOC(C2CCCO2)C1.I. The molecule has 0 amide bonds. The Bertz CT molecular complexity index is 602. The van der Waals surface area contributed by atoms with E-state index in [9.17, 15) is 0 Å². The smallest absolute Gasteiger partial charge is 0.193 e. The van der Waals surface area contributed by atoms with Crippen LogP contribution in [0.3, 0.4) is 0 Å². The van der Waals surface area contributed by atoms with Gasteiger partial charge >= 0.3 is 0 Å². The lowest BCUT2D eigenvalue weighted by Crippen LogP contribution is -2.54. The monoisotopic (exact) mass is 492 g/mol. The minimum atomic E-state index is 0. The van der Waals surface area contributed by atoms with Crippen LogP contribution in [0.25, 0.3) is 0 Å². The van der Waals surface area contributed by atoms with Gasteiger partial charge in [0, 0.05) is 52.1 Å². The molecule has 2 aliphatic heterocycles. The van der Waals surface area contributed by atoms with Crippen molar-refractivity contribution in [3.05, 3.63) is 18.0 Å². The van der Waals surface area contributed by atoms with Gasteiger partial charge in [-0.3, -0.25) is 9.67 Å². The summed E-state index contributed by atoms with van der Waals surface area (Å²) in [7, 11) is 7.96. The van der Waals surface area contributed by atoms with Gasteiger partial charge in [0.15, 0.2) is 5.96 Å². The number of likely N-dealkylation sites (N-methyl/N-ethyl adjacent to an activating group) is 1. The predicted molar refractivity (Wildman–Crippen MR) is 117 cm³/mol. The Morgan fingerprint density at radius 3 is 2.74 bits per heavy atom. The largest absolute Gasteiger partial charge is 0.375 e. The molecule has 1 N–H and O–H groups in total. The molecule has 0 saturated carbocycles. The lowest BCUT2D eigenvalue weighted by atomic mass is 10.1. The Morgan fingerprint density at radius 1 is 1.37 bits per heavy atom. The molecule has 0 aromatic carbocycles. The van der Waals surface area contributed by atoms with Gasteiger partial charge in [-0.2, -0.15) is 5.10 Å². The number of morpholine rings is 1. The van der Waals surface area contributed by atoms with Crippen LogP contribution < -0.4 is 5.32 Å². The van der Waals surface area contributed by atoms with E-state index in [2.05, 4.69) is 45.5 Å². The molecular weight excluding hydrogens is 459 g/mol. The topological polar surface area (TPSA) is 67.2 Å². The number of halogens is 1. The van der Waals surface area contributed by atoms with Crippen molar-refractivity contribution in [1.82, 2.24) is 24.9 Å². The van der Waals surface area contributed by atoms with Crippen LogP contribution in [0, 0.1) is 0 Å². The highest BCUT2D eigenvalue weighted by Crippen LogP contribution is 2.21. The summed E-state index contributed by atoms with van der Waals surface area (Å²) in [4.78, 5) is 8.98. The molecule has 0 radical (unpaired) electrons. The Labute approximate surface area is 179 Å².